The van der Waals surface area contributed by atoms with Crippen LogP contribution in [0.5, 0.6) is 0 Å². The SMILES string of the molecule is CCC1OC(n2cc(C#CCO)c(=O)[nH]c2=O)C[C@@H]1O. The van der Waals surface area contributed by atoms with Crippen molar-refractivity contribution in [1.29, 1.82) is 0 Å². The zero-order valence-electron chi connectivity index (χ0n) is 11.0. The van der Waals surface area contributed by atoms with Gasteiger partial charge in [-0.25, -0.2) is 4.79 Å². The highest BCUT2D eigenvalue weighted by Gasteiger charge is 2.34. The zero-order chi connectivity index (χ0) is 14.7. The van der Waals surface area contributed by atoms with Crippen LogP contribution in [-0.2, 0) is 4.74 Å². The smallest absolute Gasteiger partial charge is 0.330 e. The van der Waals surface area contributed by atoms with Crippen LogP contribution in [0.1, 0.15) is 31.6 Å². The van der Waals surface area contributed by atoms with Gasteiger partial charge < -0.3 is 14.9 Å². The van der Waals surface area contributed by atoms with Crippen LogP contribution in [0.2, 0.25) is 0 Å². The van der Waals surface area contributed by atoms with Crippen LogP contribution in [0, 0.1) is 11.8 Å². The van der Waals surface area contributed by atoms with Crippen LogP contribution in [-0.4, -0.2) is 38.6 Å². The zero-order valence-corrected chi connectivity index (χ0v) is 11.0. The van der Waals surface area contributed by atoms with E-state index in [1.807, 2.05) is 6.92 Å². The lowest BCUT2D eigenvalue weighted by molar-refractivity contribution is -0.0218. The lowest BCUT2D eigenvalue weighted by atomic mass is 10.1. The van der Waals surface area contributed by atoms with Gasteiger partial charge in [0.15, 0.2) is 0 Å². The minimum absolute atomic E-state index is 0.0664. The Balaban J connectivity index is 2.38. The van der Waals surface area contributed by atoms with Gasteiger partial charge in [-0.15, -0.1) is 0 Å². The molecule has 20 heavy (non-hydrogen) atoms. The summed E-state index contributed by atoms with van der Waals surface area (Å²) in [6.07, 6.45) is 0.597. The number of aromatic nitrogens is 2. The summed E-state index contributed by atoms with van der Waals surface area (Å²) in [7, 11) is 0. The molecule has 0 saturated carbocycles. The molecule has 0 amide bonds. The first-order valence-electron chi connectivity index (χ1n) is 6.35. The molecule has 2 rings (SSSR count). The molecule has 0 bridgehead atoms. The maximum atomic E-state index is 11.8. The van der Waals surface area contributed by atoms with E-state index in [0.717, 1.165) is 0 Å². The van der Waals surface area contributed by atoms with Gasteiger partial charge in [-0.3, -0.25) is 14.3 Å². The van der Waals surface area contributed by atoms with Gasteiger partial charge in [-0.05, 0) is 6.42 Å². The second kappa shape index (κ2) is 6.05. The van der Waals surface area contributed by atoms with Gasteiger partial charge in [-0.1, -0.05) is 18.8 Å². The van der Waals surface area contributed by atoms with E-state index in [1.54, 1.807) is 0 Å². The molecule has 1 aliphatic heterocycles. The summed E-state index contributed by atoms with van der Waals surface area (Å²) >= 11 is 0. The molecule has 0 radical (unpaired) electrons. The van der Waals surface area contributed by atoms with Crippen molar-refractivity contribution in [2.45, 2.75) is 38.2 Å². The topological polar surface area (TPSA) is 105 Å². The average Bonchev–Trinajstić information content (AvgIpc) is 2.79. The first kappa shape index (κ1) is 14.5. The Morgan fingerprint density at radius 1 is 1.55 bits per heavy atom. The number of H-pyrrole nitrogens is 1. The van der Waals surface area contributed by atoms with E-state index in [9.17, 15) is 14.7 Å². The van der Waals surface area contributed by atoms with Crippen LogP contribution in [0.3, 0.4) is 0 Å². The lowest BCUT2D eigenvalue weighted by Crippen LogP contribution is -2.33. The molecule has 2 unspecified atom stereocenters. The predicted octanol–water partition coefficient (Wildman–Crippen LogP) is -1.06. The van der Waals surface area contributed by atoms with E-state index in [-0.39, 0.29) is 24.7 Å². The number of aliphatic hydroxyl groups is 2. The number of hydrogen-bond acceptors (Lipinski definition) is 5. The summed E-state index contributed by atoms with van der Waals surface area (Å²) in [6, 6.07) is 0. The fraction of sp³-hybridized carbons (Fsp3) is 0.538. The minimum Gasteiger partial charge on any atom is -0.390 e. The van der Waals surface area contributed by atoms with Crippen molar-refractivity contribution in [2.24, 2.45) is 0 Å². The number of ether oxygens (including phenoxy) is 1. The van der Waals surface area contributed by atoms with Gasteiger partial charge in [0, 0.05) is 12.6 Å². The molecule has 2 heterocycles. The fourth-order valence-electron chi connectivity index (χ4n) is 2.18. The second-order valence-corrected chi connectivity index (χ2v) is 4.51. The first-order chi connectivity index (χ1) is 9.56. The third-order valence-electron chi connectivity index (χ3n) is 3.19. The largest absolute Gasteiger partial charge is 0.390 e. The second-order valence-electron chi connectivity index (χ2n) is 4.51. The predicted molar refractivity (Wildman–Crippen MR) is 70.1 cm³/mol. The van der Waals surface area contributed by atoms with Crippen molar-refractivity contribution in [3.05, 3.63) is 32.6 Å². The number of nitrogens with one attached hydrogen (secondary N) is 1. The molecular formula is C13H16N2O5. The molecule has 3 N–H and O–H groups in total. The Bertz CT molecular complexity index is 651. The van der Waals surface area contributed by atoms with Gasteiger partial charge in [0.1, 0.15) is 18.4 Å². The lowest BCUT2D eigenvalue weighted by Gasteiger charge is -2.14. The first-order valence-corrected chi connectivity index (χ1v) is 6.35. The molecule has 0 aliphatic carbocycles. The Morgan fingerprint density at radius 2 is 2.30 bits per heavy atom. The Hall–Kier alpha value is -1.88. The van der Waals surface area contributed by atoms with Gasteiger partial charge in [0.2, 0.25) is 0 Å². The molecule has 1 saturated heterocycles. The highest BCUT2D eigenvalue weighted by atomic mass is 16.5. The maximum absolute atomic E-state index is 11.8. The highest BCUT2D eigenvalue weighted by Crippen LogP contribution is 2.28. The summed E-state index contributed by atoms with van der Waals surface area (Å²) in [5, 5.41) is 18.4. The molecule has 3 atom stereocenters. The summed E-state index contributed by atoms with van der Waals surface area (Å²) in [4.78, 5) is 25.5. The minimum atomic E-state index is -0.643. The van der Waals surface area contributed by atoms with Gasteiger partial charge in [0.25, 0.3) is 5.56 Å². The molecule has 7 heteroatoms. The molecule has 7 nitrogen and oxygen atoms in total. The monoisotopic (exact) mass is 280 g/mol. The number of aliphatic hydroxyl groups excluding tert-OH is 2. The van der Waals surface area contributed by atoms with E-state index >= 15 is 0 Å². The Morgan fingerprint density at radius 3 is 2.90 bits per heavy atom. The maximum Gasteiger partial charge on any atom is 0.330 e. The van der Waals surface area contributed by atoms with Gasteiger partial charge in [0.05, 0.1) is 12.2 Å². The van der Waals surface area contributed by atoms with Crippen LogP contribution in [0.25, 0.3) is 0 Å². The summed E-state index contributed by atoms with van der Waals surface area (Å²) < 4.78 is 6.79. The number of hydrogen-bond donors (Lipinski definition) is 3. The molecule has 0 spiro atoms. The van der Waals surface area contributed by atoms with Crippen LogP contribution < -0.4 is 11.2 Å². The van der Waals surface area contributed by atoms with E-state index in [2.05, 4.69) is 16.8 Å². The molecule has 0 aromatic carbocycles. The Kier molecular flexibility index (Phi) is 4.39. The molecular weight excluding hydrogens is 264 g/mol. The molecule has 1 aliphatic rings. The van der Waals surface area contributed by atoms with Crippen molar-refractivity contribution >= 4 is 0 Å². The molecule has 1 fully saturated rings. The van der Waals surface area contributed by atoms with Crippen molar-refractivity contribution < 1.29 is 14.9 Å². The third kappa shape index (κ3) is 2.82. The summed E-state index contributed by atoms with van der Waals surface area (Å²) in [5.74, 6) is 4.82. The van der Waals surface area contributed by atoms with Crippen molar-refractivity contribution in [3.63, 3.8) is 0 Å². The molecule has 1 aromatic heterocycles. The van der Waals surface area contributed by atoms with E-state index in [0.29, 0.717) is 6.42 Å². The van der Waals surface area contributed by atoms with Gasteiger partial charge in [-0.2, -0.15) is 0 Å². The summed E-state index contributed by atoms with van der Waals surface area (Å²) in [5.41, 5.74) is -1.16. The van der Waals surface area contributed by atoms with Crippen molar-refractivity contribution in [2.75, 3.05) is 6.61 Å². The average molecular weight is 280 g/mol. The third-order valence-corrected chi connectivity index (χ3v) is 3.19. The Labute approximate surface area is 114 Å². The van der Waals surface area contributed by atoms with E-state index in [4.69, 9.17) is 9.84 Å². The van der Waals surface area contributed by atoms with Crippen LogP contribution >= 0.6 is 0 Å². The number of aromatic amines is 1. The van der Waals surface area contributed by atoms with E-state index < -0.39 is 23.6 Å². The van der Waals surface area contributed by atoms with Crippen molar-refractivity contribution in [1.82, 2.24) is 9.55 Å². The van der Waals surface area contributed by atoms with Gasteiger partial charge >= 0.3 is 5.69 Å². The molecule has 108 valence electrons. The standard InChI is InChI=1S/C13H16N2O5/c1-2-10-9(17)6-11(20-10)15-7-8(4-3-5-16)12(18)14-13(15)19/h7,9-11,16-17H,2,5-6H2,1H3,(H,14,18,19)/t9-,10?,11?/m0/s1. The highest BCUT2D eigenvalue weighted by molar-refractivity contribution is 5.29. The number of rotatable bonds is 2. The van der Waals surface area contributed by atoms with Crippen LogP contribution in [0.4, 0.5) is 0 Å². The van der Waals surface area contributed by atoms with Crippen molar-refractivity contribution in [3.8, 4) is 11.8 Å². The van der Waals surface area contributed by atoms with E-state index in [1.165, 1.54) is 10.8 Å². The summed E-state index contributed by atoms with van der Waals surface area (Å²) in [6.45, 7) is 1.50. The molecule has 1 aromatic rings. The quantitative estimate of drug-likeness (QED) is 0.599. The fourth-order valence-corrected chi connectivity index (χ4v) is 2.18. The van der Waals surface area contributed by atoms with Crippen LogP contribution in [0.15, 0.2) is 15.8 Å². The number of nitrogens with zero attached hydrogens (tertiary/aromatic N) is 1. The normalized spacial score (nSPS) is 25.2.